The van der Waals surface area contributed by atoms with Gasteiger partial charge in [0.15, 0.2) is 0 Å². The third-order valence-electron chi connectivity index (χ3n) is 4.76. The third-order valence-corrected chi connectivity index (χ3v) is 4.76. The quantitative estimate of drug-likeness (QED) is 0.468. The lowest BCUT2D eigenvalue weighted by molar-refractivity contribution is -0.140. The van der Waals surface area contributed by atoms with Gasteiger partial charge in [0, 0.05) is 18.2 Å². The van der Waals surface area contributed by atoms with Gasteiger partial charge in [0.1, 0.15) is 18.2 Å². The molecule has 0 radical (unpaired) electrons. The molecule has 0 heterocycles. The molecule has 0 bridgehead atoms. The molecular weight excluding hydrogens is 394 g/mol. The van der Waals surface area contributed by atoms with Gasteiger partial charge in [-0.2, -0.15) is 0 Å². The van der Waals surface area contributed by atoms with E-state index in [0.29, 0.717) is 17.7 Å². The first-order valence-corrected chi connectivity index (χ1v) is 10.8. The molecular formula is C24H33N3O4. The molecule has 3 amide bonds. The molecule has 0 aromatic heterocycles. The smallest absolute Gasteiger partial charge is 0.408 e. The molecule has 0 spiro atoms. The van der Waals surface area contributed by atoms with Crippen molar-refractivity contribution in [3.63, 3.8) is 0 Å². The van der Waals surface area contributed by atoms with Crippen LogP contribution in [0.15, 0.2) is 24.3 Å². The molecule has 1 fully saturated rings. The predicted molar refractivity (Wildman–Crippen MR) is 119 cm³/mol. The van der Waals surface area contributed by atoms with Crippen LogP contribution in [-0.2, 0) is 14.3 Å². The lowest BCUT2D eigenvalue weighted by Crippen LogP contribution is -2.49. The van der Waals surface area contributed by atoms with E-state index in [2.05, 4.69) is 16.6 Å². The highest BCUT2D eigenvalue weighted by Gasteiger charge is 2.41. The average Bonchev–Trinajstić information content (AvgIpc) is 3.54. The molecule has 0 aliphatic heterocycles. The van der Waals surface area contributed by atoms with E-state index >= 15 is 0 Å². The Hall–Kier alpha value is -3.01. The molecule has 1 aliphatic carbocycles. The zero-order chi connectivity index (χ0) is 23.0. The normalized spacial score (nSPS) is 14.2. The fraction of sp³-hybridized carbons (Fsp3) is 0.542. The molecule has 0 saturated heterocycles. The molecule has 1 unspecified atom stereocenters. The topological polar surface area (TPSA) is 87.7 Å². The van der Waals surface area contributed by atoms with Crippen LogP contribution in [0.3, 0.4) is 0 Å². The number of hydrogen-bond donors (Lipinski definition) is 2. The summed E-state index contributed by atoms with van der Waals surface area (Å²) in [6.45, 7) is 7.60. The van der Waals surface area contributed by atoms with E-state index in [4.69, 9.17) is 11.2 Å². The zero-order valence-corrected chi connectivity index (χ0v) is 18.9. The minimum Gasteiger partial charge on any atom is -0.444 e. The van der Waals surface area contributed by atoms with Gasteiger partial charge in [-0.3, -0.25) is 9.59 Å². The standard InChI is InChI=1S/C24H33N3O4/c1-6-8-15-25-22(29)21(18-11-9-17(7-2)10-12-18)27(19-13-14-19)20(28)16-26-23(30)31-24(3,4)5/h2,9-12,19,21H,6,8,13-16H2,1,3-5H3,(H,25,29)(H,26,30). The lowest BCUT2D eigenvalue weighted by atomic mass is 10.0. The summed E-state index contributed by atoms with van der Waals surface area (Å²) in [5.74, 6) is 1.99. The Balaban J connectivity index is 2.22. The van der Waals surface area contributed by atoms with Gasteiger partial charge in [-0.1, -0.05) is 31.4 Å². The van der Waals surface area contributed by atoms with Crippen LogP contribution in [0.2, 0.25) is 0 Å². The van der Waals surface area contributed by atoms with Crippen molar-refractivity contribution in [1.29, 1.82) is 0 Å². The van der Waals surface area contributed by atoms with Crippen molar-refractivity contribution in [2.24, 2.45) is 0 Å². The number of terminal acetylenes is 1. The summed E-state index contributed by atoms with van der Waals surface area (Å²) < 4.78 is 5.21. The lowest BCUT2D eigenvalue weighted by Gasteiger charge is -2.32. The number of nitrogens with one attached hydrogen (secondary N) is 2. The van der Waals surface area contributed by atoms with Gasteiger partial charge >= 0.3 is 6.09 Å². The summed E-state index contributed by atoms with van der Waals surface area (Å²) in [4.78, 5) is 39.8. The van der Waals surface area contributed by atoms with Gasteiger partial charge in [0.05, 0.1) is 0 Å². The van der Waals surface area contributed by atoms with Crippen LogP contribution < -0.4 is 10.6 Å². The fourth-order valence-electron chi connectivity index (χ4n) is 3.15. The summed E-state index contributed by atoms with van der Waals surface area (Å²) in [6.07, 6.45) is 8.22. The highest BCUT2D eigenvalue weighted by Crippen LogP contribution is 2.35. The molecule has 1 aromatic carbocycles. The number of unbranched alkanes of at least 4 members (excludes halogenated alkanes) is 1. The first-order chi connectivity index (χ1) is 14.7. The van der Waals surface area contributed by atoms with E-state index in [9.17, 15) is 14.4 Å². The average molecular weight is 428 g/mol. The summed E-state index contributed by atoms with van der Waals surface area (Å²) in [5, 5.41) is 5.45. The summed E-state index contributed by atoms with van der Waals surface area (Å²) in [5.41, 5.74) is 0.722. The molecule has 2 rings (SSSR count). The molecule has 1 atom stereocenters. The SMILES string of the molecule is C#Cc1ccc(C(C(=O)NCCCC)N(C(=O)CNC(=O)OC(C)(C)C)C2CC2)cc1. The van der Waals surface area contributed by atoms with Crippen molar-refractivity contribution < 1.29 is 19.1 Å². The largest absolute Gasteiger partial charge is 0.444 e. The Bertz CT molecular complexity index is 817. The molecule has 31 heavy (non-hydrogen) atoms. The maximum absolute atomic E-state index is 13.1. The second-order valence-corrected chi connectivity index (χ2v) is 8.70. The van der Waals surface area contributed by atoms with Gasteiger partial charge in [-0.05, 0) is 57.7 Å². The highest BCUT2D eigenvalue weighted by atomic mass is 16.6. The second kappa shape index (κ2) is 10.9. The molecule has 168 valence electrons. The van der Waals surface area contributed by atoms with Gasteiger partial charge in [-0.25, -0.2) is 4.79 Å². The fourth-order valence-corrected chi connectivity index (χ4v) is 3.15. The van der Waals surface area contributed by atoms with Crippen molar-refractivity contribution in [2.45, 2.75) is 71.1 Å². The maximum atomic E-state index is 13.1. The van der Waals surface area contributed by atoms with Gasteiger partial charge in [0.2, 0.25) is 11.8 Å². The number of ether oxygens (including phenoxy) is 1. The van der Waals surface area contributed by atoms with Crippen LogP contribution in [0.4, 0.5) is 4.79 Å². The van der Waals surface area contributed by atoms with E-state index in [1.54, 1.807) is 49.9 Å². The first-order valence-electron chi connectivity index (χ1n) is 10.8. The first kappa shape index (κ1) is 24.3. The Kier molecular flexibility index (Phi) is 8.49. The minimum atomic E-state index is -0.788. The van der Waals surface area contributed by atoms with E-state index in [1.165, 1.54) is 0 Å². The number of carbonyl (C=O) groups excluding carboxylic acids is 3. The molecule has 1 aromatic rings. The number of alkyl carbamates (subject to hydrolysis) is 1. The van der Waals surface area contributed by atoms with Crippen LogP contribution in [0, 0.1) is 12.3 Å². The van der Waals surface area contributed by atoms with Crippen LogP contribution in [0.1, 0.15) is 70.5 Å². The predicted octanol–water partition coefficient (Wildman–Crippen LogP) is 3.14. The van der Waals surface area contributed by atoms with Crippen LogP contribution in [0.5, 0.6) is 0 Å². The Morgan fingerprint density at radius 3 is 2.35 bits per heavy atom. The van der Waals surface area contributed by atoms with Crippen molar-refractivity contribution in [1.82, 2.24) is 15.5 Å². The number of hydrogen-bond acceptors (Lipinski definition) is 4. The zero-order valence-electron chi connectivity index (χ0n) is 18.9. The minimum absolute atomic E-state index is 0.0397. The van der Waals surface area contributed by atoms with Crippen molar-refractivity contribution in [3.8, 4) is 12.3 Å². The number of benzene rings is 1. The summed E-state index contributed by atoms with van der Waals surface area (Å²) in [7, 11) is 0. The van der Waals surface area contributed by atoms with Crippen LogP contribution in [0.25, 0.3) is 0 Å². The Morgan fingerprint density at radius 2 is 1.84 bits per heavy atom. The van der Waals surface area contributed by atoms with Crippen molar-refractivity contribution in [3.05, 3.63) is 35.4 Å². The van der Waals surface area contributed by atoms with Crippen molar-refractivity contribution in [2.75, 3.05) is 13.1 Å². The monoisotopic (exact) mass is 427 g/mol. The van der Waals surface area contributed by atoms with E-state index in [1.807, 2.05) is 6.92 Å². The van der Waals surface area contributed by atoms with Gasteiger partial charge < -0.3 is 20.3 Å². The number of nitrogens with zero attached hydrogens (tertiary/aromatic N) is 1. The van der Waals surface area contributed by atoms with E-state index in [0.717, 1.165) is 25.7 Å². The maximum Gasteiger partial charge on any atom is 0.408 e. The Labute approximate surface area is 184 Å². The molecule has 1 saturated carbocycles. The summed E-state index contributed by atoms with van der Waals surface area (Å²) in [6, 6.07) is 6.25. The summed E-state index contributed by atoms with van der Waals surface area (Å²) >= 11 is 0. The number of rotatable bonds is 9. The molecule has 7 nitrogen and oxygen atoms in total. The third kappa shape index (κ3) is 7.63. The van der Waals surface area contributed by atoms with Crippen LogP contribution >= 0.6 is 0 Å². The van der Waals surface area contributed by atoms with Crippen molar-refractivity contribution >= 4 is 17.9 Å². The molecule has 7 heteroatoms. The van der Waals surface area contributed by atoms with Gasteiger partial charge in [0.25, 0.3) is 0 Å². The second-order valence-electron chi connectivity index (χ2n) is 8.70. The van der Waals surface area contributed by atoms with Crippen LogP contribution in [-0.4, -0.2) is 47.5 Å². The number of carbonyl (C=O) groups is 3. The number of amides is 3. The highest BCUT2D eigenvalue weighted by molar-refractivity contribution is 5.90. The Morgan fingerprint density at radius 1 is 1.19 bits per heavy atom. The van der Waals surface area contributed by atoms with Gasteiger partial charge in [-0.15, -0.1) is 6.42 Å². The molecule has 1 aliphatic rings. The van der Waals surface area contributed by atoms with E-state index < -0.39 is 17.7 Å². The molecule has 2 N–H and O–H groups in total. The van der Waals surface area contributed by atoms with E-state index in [-0.39, 0.29) is 24.4 Å².